The van der Waals surface area contributed by atoms with Gasteiger partial charge in [0.1, 0.15) is 12.3 Å². The van der Waals surface area contributed by atoms with Gasteiger partial charge in [0.15, 0.2) is 6.17 Å². The van der Waals surface area contributed by atoms with Crippen LogP contribution in [-0.2, 0) is 4.74 Å². The minimum Gasteiger partial charge on any atom is -0.359 e. The van der Waals surface area contributed by atoms with E-state index in [0.29, 0.717) is 12.3 Å². The van der Waals surface area contributed by atoms with E-state index in [0.717, 1.165) is 62.7 Å². The van der Waals surface area contributed by atoms with E-state index in [9.17, 15) is 0 Å². The highest BCUT2D eigenvalue weighted by Crippen LogP contribution is 2.46. The Hall–Kier alpha value is -0.620. The minimum absolute atomic E-state index is 0.130. The molecule has 0 aromatic rings. The van der Waals surface area contributed by atoms with Crippen molar-refractivity contribution < 1.29 is 13.5 Å². The molecule has 3 heteroatoms. The van der Waals surface area contributed by atoms with Crippen molar-refractivity contribution in [2.45, 2.75) is 135 Å². The summed E-state index contributed by atoms with van der Waals surface area (Å²) in [5.74, 6) is 5.45. The molecule has 178 valence electrons. The van der Waals surface area contributed by atoms with Crippen molar-refractivity contribution in [1.29, 1.82) is 0 Å². The molecule has 0 aromatic carbocycles. The summed E-state index contributed by atoms with van der Waals surface area (Å²) in [6, 6.07) is 0. The van der Waals surface area contributed by atoms with Crippen LogP contribution in [0.5, 0.6) is 0 Å². The molecule has 0 aliphatic heterocycles. The molecule has 0 spiro atoms. The first kappa shape index (κ1) is 25.0. The van der Waals surface area contributed by atoms with Gasteiger partial charge in [-0.1, -0.05) is 58.3 Å². The number of halogens is 2. The fraction of sp³-hybridized carbons (Fsp3) is 0.929. The Labute approximate surface area is 190 Å². The lowest BCUT2D eigenvalue weighted by molar-refractivity contribution is -0.103. The van der Waals surface area contributed by atoms with Gasteiger partial charge in [0.25, 0.3) is 0 Å². The number of rotatable bonds is 8. The van der Waals surface area contributed by atoms with Crippen LogP contribution in [0.2, 0.25) is 0 Å². The lowest BCUT2D eigenvalue weighted by Crippen LogP contribution is -2.47. The van der Waals surface area contributed by atoms with Gasteiger partial charge in [-0.3, -0.25) is 0 Å². The average molecular weight is 437 g/mol. The standard InChI is InChI=1S/C28H46F2O/c1-4-6-7-11-24(5-2)31-26-19-18-25(27(29)28(26)30)23-16-14-22(15-17-23)21-10-8-9-20(3)12-13-21/h2,20-28H,4,6-19H2,1,3H3. The SMILES string of the molecule is C#CC(CCCCC)OC1CCC(C2CCC(C3CCCC(C)CC3)CC2)C(F)C1F. The third-order valence-corrected chi connectivity index (χ3v) is 8.84. The van der Waals surface area contributed by atoms with Crippen LogP contribution in [0.1, 0.15) is 110 Å². The summed E-state index contributed by atoms with van der Waals surface area (Å²) in [5.41, 5.74) is 0. The van der Waals surface area contributed by atoms with Gasteiger partial charge in [-0.25, -0.2) is 8.78 Å². The zero-order valence-corrected chi connectivity index (χ0v) is 20.0. The maximum atomic E-state index is 15.2. The Morgan fingerprint density at radius 2 is 1.52 bits per heavy atom. The molecule has 0 aromatic heterocycles. The van der Waals surface area contributed by atoms with Crippen LogP contribution in [0.25, 0.3) is 0 Å². The molecule has 0 N–H and O–H groups in total. The number of hydrogen-bond donors (Lipinski definition) is 0. The molecule has 7 atom stereocenters. The molecule has 0 heterocycles. The molecule has 1 nitrogen and oxygen atoms in total. The quantitative estimate of drug-likeness (QED) is 0.212. The van der Waals surface area contributed by atoms with Gasteiger partial charge in [-0.05, 0) is 87.4 Å². The fourth-order valence-corrected chi connectivity index (χ4v) is 6.77. The maximum Gasteiger partial charge on any atom is 0.157 e. The van der Waals surface area contributed by atoms with Crippen molar-refractivity contribution in [3.63, 3.8) is 0 Å². The molecule has 31 heavy (non-hydrogen) atoms. The van der Waals surface area contributed by atoms with E-state index in [-0.39, 0.29) is 12.0 Å². The van der Waals surface area contributed by atoms with Gasteiger partial charge in [0.05, 0.1) is 6.10 Å². The Kier molecular flexibility index (Phi) is 10.1. The second-order valence-electron chi connectivity index (χ2n) is 11.0. The number of alkyl halides is 2. The Morgan fingerprint density at radius 1 is 0.839 bits per heavy atom. The van der Waals surface area contributed by atoms with E-state index in [4.69, 9.17) is 11.2 Å². The Balaban J connectivity index is 1.45. The Morgan fingerprint density at radius 3 is 2.23 bits per heavy atom. The third kappa shape index (κ3) is 6.93. The largest absolute Gasteiger partial charge is 0.359 e. The molecule has 7 unspecified atom stereocenters. The summed E-state index contributed by atoms with van der Waals surface area (Å²) in [4.78, 5) is 0. The van der Waals surface area contributed by atoms with Gasteiger partial charge >= 0.3 is 0 Å². The van der Waals surface area contributed by atoms with Crippen molar-refractivity contribution in [2.24, 2.45) is 29.6 Å². The molecule has 0 bridgehead atoms. The van der Waals surface area contributed by atoms with Crippen LogP contribution in [0.4, 0.5) is 8.78 Å². The average Bonchev–Trinajstić information content (AvgIpc) is 3.01. The van der Waals surface area contributed by atoms with E-state index < -0.39 is 18.4 Å². The van der Waals surface area contributed by atoms with Crippen LogP contribution in [0.3, 0.4) is 0 Å². The highest BCUT2D eigenvalue weighted by Gasteiger charge is 2.45. The normalized spacial score (nSPS) is 40.6. The topological polar surface area (TPSA) is 9.23 Å². The predicted octanol–water partition coefficient (Wildman–Crippen LogP) is 8.06. The van der Waals surface area contributed by atoms with Crippen LogP contribution < -0.4 is 0 Å². The second kappa shape index (κ2) is 12.6. The summed E-state index contributed by atoms with van der Waals surface area (Å²) >= 11 is 0. The summed E-state index contributed by atoms with van der Waals surface area (Å²) in [6.07, 6.45) is 18.5. The number of unbranched alkanes of at least 4 members (excludes halogenated alkanes) is 2. The van der Waals surface area contributed by atoms with E-state index >= 15 is 8.78 Å². The van der Waals surface area contributed by atoms with Gasteiger partial charge in [0, 0.05) is 0 Å². The number of ether oxygens (including phenoxy) is 1. The van der Waals surface area contributed by atoms with Crippen molar-refractivity contribution in [1.82, 2.24) is 0 Å². The zero-order chi connectivity index (χ0) is 22.2. The molecule has 3 aliphatic rings. The van der Waals surface area contributed by atoms with Crippen molar-refractivity contribution in [2.75, 3.05) is 0 Å². The monoisotopic (exact) mass is 436 g/mol. The van der Waals surface area contributed by atoms with E-state index in [1.807, 2.05) is 0 Å². The number of terminal acetylenes is 1. The van der Waals surface area contributed by atoms with Gasteiger partial charge in [-0.15, -0.1) is 6.42 Å². The van der Waals surface area contributed by atoms with E-state index in [1.54, 1.807) is 0 Å². The van der Waals surface area contributed by atoms with Crippen molar-refractivity contribution in [3.05, 3.63) is 0 Å². The van der Waals surface area contributed by atoms with Gasteiger partial charge in [0.2, 0.25) is 0 Å². The summed E-state index contributed by atoms with van der Waals surface area (Å²) in [7, 11) is 0. The second-order valence-corrected chi connectivity index (χ2v) is 11.0. The highest BCUT2D eigenvalue weighted by molar-refractivity contribution is 4.98. The molecular formula is C28H46F2O. The molecule has 0 saturated heterocycles. The lowest BCUT2D eigenvalue weighted by atomic mass is 9.66. The molecule has 3 saturated carbocycles. The Bertz CT molecular complexity index is 550. The summed E-state index contributed by atoms with van der Waals surface area (Å²) in [5, 5.41) is 0. The fourth-order valence-electron chi connectivity index (χ4n) is 6.77. The predicted molar refractivity (Wildman–Crippen MR) is 125 cm³/mol. The lowest BCUT2D eigenvalue weighted by Gasteiger charge is -2.42. The van der Waals surface area contributed by atoms with Crippen LogP contribution in [0.15, 0.2) is 0 Å². The van der Waals surface area contributed by atoms with E-state index in [2.05, 4.69) is 19.8 Å². The maximum absolute atomic E-state index is 15.2. The first-order valence-corrected chi connectivity index (χ1v) is 13.4. The molecular weight excluding hydrogens is 390 g/mol. The molecule has 0 radical (unpaired) electrons. The van der Waals surface area contributed by atoms with Gasteiger partial charge < -0.3 is 4.74 Å². The van der Waals surface area contributed by atoms with Gasteiger partial charge in [-0.2, -0.15) is 0 Å². The zero-order valence-electron chi connectivity index (χ0n) is 20.0. The molecule has 0 amide bonds. The number of hydrogen-bond acceptors (Lipinski definition) is 1. The van der Waals surface area contributed by atoms with Crippen LogP contribution >= 0.6 is 0 Å². The third-order valence-electron chi connectivity index (χ3n) is 8.84. The molecule has 3 fully saturated rings. The summed E-state index contributed by atoms with van der Waals surface area (Å²) < 4.78 is 36.1. The van der Waals surface area contributed by atoms with Crippen molar-refractivity contribution in [3.8, 4) is 12.3 Å². The first-order chi connectivity index (χ1) is 15.0. The molecule has 3 aliphatic carbocycles. The van der Waals surface area contributed by atoms with E-state index in [1.165, 1.54) is 44.9 Å². The smallest absolute Gasteiger partial charge is 0.157 e. The minimum atomic E-state index is -1.53. The molecule has 3 rings (SSSR count). The first-order valence-electron chi connectivity index (χ1n) is 13.4. The van der Waals surface area contributed by atoms with Crippen LogP contribution in [-0.4, -0.2) is 24.6 Å². The highest BCUT2D eigenvalue weighted by atomic mass is 19.2. The summed E-state index contributed by atoms with van der Waals surface area (Å²) in [6.45, 7) is 4.54. The van der Waals surface area contributed by atoms with Crippen LogP contribution in [0, 0.1) is 41.9 Å². The van der Waals surface area contributed by atoms with Crippen molar-refractivity contribution >= 4 is 0 Å².